The van der Waals surface area contributed by atoms with E-state index < -0.39 is 0 Å². The van der Waals surface area contributed by atoms with E-state index >= 15 is 0 Å². The minimum Gasteiger partial charge on any atom is -0.369 e. The summed E-state index contributed by atoms with van der Waals surface area (Å²) in [5.41, 5.74) is 4.18. The van der Waals surface area contributed by atoms with Crippen LogP contribution in [0.25, 0.3) is 16.5 Å². The number of aromatic nitrogens is 2. The maximum atomic E-state index is 12.4. The van der Waals surface area contributed by atoms with Crippen molar-refractivity contribution in [1.82, 2.24) is 14.9 Å². The molecular weight excluding hydrogens is 475 g/mol. The number of H-pyrrole nitrogens is 1. The van der Waals surface area contributed by atoms with E-state index in [9.17, 15) is 4.79 Å². The first-order valence-corrected chi connectivity index (χ1v) is 11.2. The molecule has 0 bridgehead atoms. The van der Waals surface area contributed by atoms with E-state index in [-0.39, 0.29) is 5.56 Å². The molecule has 5 nitrogen and oxygen atoms in total. The van der Waals surface area contributed by atoms with E-state index in [1.54, 1.807) is 12.3 Å². The van der Waals surface area contributed by atoms with Crippen molar-refractivity contribution in [2.75, 3.05) is 31.1 Å². The van der Waals surface area contributed by atoms with Gasteiger partial charge in [0.1, 0.15) is 0 Å². The molecule has 0 unspecified atom stereocenters. The van der Waals surface area contributed by atoms with Crippen LogP contribution in [-0.4, -0.2) is 47.1 Å². The van der Waals surface area contributed by atoms with Crippen LogP contribution in [-0.2, 0) is 0 Å². The number of benzene rings is 1. The molecule has 3 heterocycles. The van der Waals surface area contributed by atoms with E-state index in [0.29, 0.717) is 11.4 Å². The Kier molecular flexibility index (Phi) is 5.13. The number of aromatic amines is 1. The van der Waals surface area contributed by atoms with E-state index in [4.69, 9.17) is 0 Å². The average Bonchev–Trinajstić information content (AvgIpc) is 3.25. The molecule has 3 aromatic rings. The van der Waals surface area contributed by atoms with Crippen molar-refractivity contribution in [3.8, 4) is 0 Å². The van der Waals surface area contributed by atoms with E-state index in [0.717, 1.165) is 50.2 Å². The largest absolute Gasteiger partial charge is 0.369 e. The molecular formula is C23H23IN4O. The summed E-state index contributed by atoms with van der Waals surface area (Å²) in [7, 11) is 0. The van der Waals surface area contributed by atoms with Gasteiger partial charge in [0.2, 0.25) is 0 Å². The van der Waals surface area contributed by atoms with Gasteiger partial charge in [-0.05, 0) is 83.5 Å². The number of nitrogens with one attached hydrogen (secondary N) is 1. The zero-order valence-corrected chi connectivity index (χ0v) is 18.3. The molecule has 1 N–H and O–H groups in total. The smallest absolute Gasteiger partial charge is 0.257 e. The lowest BCUT2D eigenvalue weighted by atomic mass is 10.1. The topological polar surface area (TPSA) is 52.2 Å². The van der Waals surface area contributed by atoms with Gasteiger partial charge in [0, 0.05) is 53.4 Å². The van der Waals surface area contributed by atoms with Crippen molar-refractivity contribution in [2.24, 2.45) is 0 Å². The Hall–Kier alpha value is -2.19. The number of pyridine rings is 2. The molecule has 1 aliphatic heterocycles. The van der Waals surface area contributed by atoms with Crippen LogP contribution in [0.15, 0.2) is 59.5 Å². The number of hydrogen-bond donors (Lipinski definition) is 1. The van der Waals surface area contributed by atoms with Gasteiger partial charge in [-0.25, -0.2) is 0 Å². The molecule has 0 spiro atoms. The lowest BCUT2D eigenvalue weighted by Crippen LogP contribution is -2.49. The second-order valence-electron chi connectivity index (χ2n) is 7.75. The van der Waals surface area contributed by atoms with Gasteiger partial charge in [0.15, 0.2) is 0 Å². The van der Waals surface area contributed by atoms with Crippen LogP contribution in [0, 0.1) is 3.57 Å². The first kappa shape index (κ1) is 18.8. The molecule has 1 fully saturated rings. The van der Waals surface area contributed by atoms with Gasteiger partial charge >= 0.3 is 0 Å². The minimum absolute atomic E-state index is 0.0545. The quantitative estimate of drug-likeness (QED) is 0.557. The predicted molar refractivity (Wildman–Crippen MR) is 126 cm³/mol. The highest BCUT2D eigenvalue weighted by molar-refractivity contribution is 14.1. The fraction of sp³-hybridized carbons (Fsp3) is 0.304. The lowest BCUT2D eigenvalue weighted by molar-refractivity contribution is 0.214. The second-order valence-corrected chi connectivity index (χ2v) is 8.99. The predicted octanol–water partition coefficient (Wildman–Crippen LogP) is 3.90. The summed E-state index contributed by atoms with van der Waals surface area (Å²) in [6, 6.07) is 14.9. The molecule has 6 heteroatoms. The van der Waals surface area contributed by atoms with E-state index in [1.165, 1.54) is 14.8 Å². The Morgan fingerprint density at radius 1 is 1.07 bits per heavy atom. The Bertz CT molecular complexity index is 1110. The third kappa shape index (κ3) is 3.83. The Morgan fingerprint density at radius 3 is 2.66 bits per heavy atom. The maximum absolute atomic E-state index is 12.4. The molecule has 1 atom stereocenters. The Morgan fingerprint density at radius 2 is 1.86 bits per heavy atom. The van der Waals surface area contributed by atoms with Gasteiger partial charge in [0.25, 0.3) is 5.56 Å². The van der Waals surface area contributed by atoms with Crippen molar-refractivity contribution in [1.29, 1.82) is 0 Å². The fourth-order valence-electron chi connectivity index (χ4n) is 4.44. The van der Waals surface area contributed by atoms with Gasteiger partial charge in [-0.3, -0.25) is 14.7 Å². The summed E-state index contributed by atoms with van der Waals surface area (Å²) in [5, 5.41) is 0.651. The van der Waals surface area contributed by atoms with Crippen molar-refractivity contribution < 1.29 is 0 Å². The zero-order chi connectivity index (χ0) is 19.8. The van der Waals surface area contributed by atoms with Gasteiger partial charge in [-0.2, -0.15) is 0 Å². The number of hydrogen-bond acceptors (Lipinski definition) is 4. The van der Waals surface area contributed by atoms with E-state index in [2.05, 4.69) is 72.7 Å². The van der Waals surface area contributed by atoms with Crippen LogP contribution in [0.2, 0.25) is 0 Å². The van der Waals surface area contributed by atoms with Crippen LogP contribution >= 0.6 is 22.6 Å². The normalized spacial score (nSPS) is 20.2. The molecule has 0 radical (unpaired) electrons. The molecule has 2 aliphatic rings. The van der Waals surface area contributed by atoms with Crippen molar-refractivity contribution >= 4 is 44.8 Å². The number of allylic oxidation sites excluding steroid dienone is 1. The molecule has 5 rings (SSSR count). The van der Waals surface area contributed by atoms with Gasteiger partial charge in [-0.1, -0.05) is 6.08 Å². The van der Waals surface area contributed by atoms with Gasteiger partial charge in [0.05, 0.1) is 10.9 Å². The standard InChI is InChI=1S/C23H23IN4O/c24-17-4-7-18(8-5-17)27-10-12-28(13-11-27)19-6-3-16(14-19)21-15-22-20(23(29)26-21)2-1-9-25-22/h1-2,4-5,7-9,14-15,19H,3,6,10-13H2,(H,26,29)/t19-/m1/s1. The molecule has 2 aromatic heterocycles. The Balaban J connectivity index is 1.29. The molecule has 0 amide bonds. The molecule has 1 saturated heterocycles. The monoisotopic (exact) mass is 498 g/mol. The van der Waals surface area contributed by atoms with E-state index in [1.807, 2.05) is 12.1 Å². The molecule has 1 aliphatic carbocycles. The van der Waals surface area contributed by atoms with Crippen LogP contribution in [0.4, 0.5) is 5.69 Å². The summed E-state index contributed by atoms with van der Waals surface area (Å²) >= 11 is 2.35. The molecule has 0 saturated carbocycles. The number of rotatable bonds is 3. The first-order chi connectivity index (χ1) is 14.2. The summed E-state index contributed by atoms with van der Waals surface area (Å²) in [6.45, 7) is 4.24. The summed E-state index contributed by atoms with van der Waals surface area (Å²) in [6.07, 6.45) is 6.20. The van der Waals surface area contributed by atoms with Crippen molar-refractivity contribution in [3.05, 3.63) is 74.4 Å². The first-order valence-electron chi connectivity index (χ1n) is 10.1. The van der Waals surface area contributed by atoms with Crippen molar-refractivity contribution in [2.45, 2.75) is 18.9 Å². The molecule has 29 heavy (non-hydrogen) atoms. The van der Waals surface area contributed by atoms with Crippen LogP contribution in [0.5, 0.6) is 0 Å². The SMILES string of the molecule is O=c1[nH]c(C2=C[C@H](N3CCN(c4ccc(I)cc4)CC3)CC2)cc2ncccc12. The van der Waals surface area contributed by atoms with Crippen LogP contribution in [0.1, 0.15) is 18.5 Å². The Labute approximate surface area is 183 Å². The number of anilines is 1. The molecule has 148 valence electrons. The highest BCUT2D eigenvalue weighted by atomic mass is 127. The highest BCUT2D eigenvalue weighted by Crippen LogP contribution is 2.31. The highest BCUT2D eigenvalue weighted by Gasteiger charge is 2.27. The minimum atomic E-state index is -0.0545. The van der Waals surface area contributed by atoms with Crippen LogP contribution < -0.4 is 10.5 Å². The van der Waals surface area contributed by atoms with Gasteiger partial charge < -0.3 is 9.88 Å². The summed E-state index contributed by atoms with van der Waals surface area (Å²) in [5.74, 6) is 0. The number of piperazine rings is 1. The third-order valence-corrected chi connectivity index (χ3v) is 6.76. The zero-order valence-electron chi connectivity index (χ0n) is 16.1. The average molecular weight is 498 g/mol. The second kappa shape index (κ2) is 7.91. The number of nitrogens with zero attached hydrogens (tertiary/aromatic N) is 3. The fourth-order valence-corrected chi connectivity index (χ4v) is 4.80. The van der Waals surface area contributed by atoms with Crippen molar-refractivity contribution in [3.63, 3.8) is 0 Å². The van der Waals surface area contributed by atoms with Gasteiger partial charge in [-0.15, -0.1) is 0 Å². The summed E-state index contributed by atoms with van der Waals surface area (Å²) in [4.78, 5) is 24.9. The number of halogens is 1. The third-order valence-electron chi connectivity index (χ3n) is 6.04. The molecule has 1 aromatic carbocycles. The van der Waals surface area contributed by atoms with Crippen LogP contribution in [0.3, 0.4) is 0 Å². The number of fused-ring (bicyclic) bond motifs is 1. The maximum Gasteiger partial charge on any atom is 0.257 e. The summed E-state index contributed by atoms with van der Waals surface area (Å²) < 4.78 is 1.27. The lowest BCUT2D eigenvalue weighted by Gasteiger charge is -2.38.